The number of esters is 2. The van der Waals surface area contributed by atoms with Gasteiger partial charge < -0.3 is 19.3 Å². The summed E-state index contributed by atoms with van der Waals surface area (Å²) in [5.41, 5.74) is 0.500. The van der Waals surface area contributed by atoms with Crippen LogP contribution in [0.2, 0.25) is 0 Å². The van der Waals surface area contributed by atoms with Crippen molar-refractivity contribution in [3.05, 3.63) is 35.4 Å². The van der Waals surface area contributed by atoms with Crippen LogP contribution in [-0.4, -0.2) is 76.2 Å². The number of hydrogen-bond donors (Lipinski definition) is 0. The van der Waals surface area contributed by atoms with E-state index >= 15 is 0 Å². The summed E-state index contributed by atoms with van der Waals surface area (Å²) in [7, 11) is 7.85. The number of halogens is 2. The number of nitrogens with zero attached hydrogens (tertiary/aromatic N) is 2. The second-order valence-corrected chi connectivity index (χ2v) is 6.13. The molecule has 0 fully saturated rings. The van der Waals surface area contributed by atoms with Gasteiger partial charge in [0.15, 0.2) is 0 Å². The maximum absolute atomic E-state index is 12.2. The van der Waals surface area contributed by atoms with Crippen molar-refractivity contribution in [3.8, 4) is 0 Å². The fourth-order valence-corrected chi connectivity index (χ4v) is 2.09. The van der Waals surface area contributed by atoms with Crippen molar-refractivity contribution < 1.29 is 19.1 Å². The maximum atomic E-state index is 12.2. The van der Waals surface area contributed by atoms with Crippen molar-refractivity contribution in [2.75, 3.05) is 54.5 Å². The van der Waals surface area contributed by atoms with Crippen molar-refractivity contribution in [2.24, 2.45) is 0 Å². The molecule has 0 aliphatic rings. The summed E-state index contributed by atoms with van der Waals surface area (Å²) in [4.78, 5) is 28.4. The second-order valence-electron chi connectivity index (χ2n) is 6.13. The van der Waals surface area contributed by atoms with E-state index in [9.17, 15) is 9.59 Å². The van der Waals surface area contributed by atoms with Gasteiger partial charge in [0.2, 0.25) is 0 Å². The summed E-state index contributed by atoms with van der Waals surface area (Å²) in [6, 6.07) is 6.59. The van der Waals surface area contributed by atoms with Gasteiger partial charge in [0.05, 0.1) is 24.3 Å². The quantitative estimate of drug-likeness (QED) is 0.438. The molecule has 8 heteroatoms. The van der Waals surface area contributed by atoms with Crippen molar-refractivity contribution in [1.82, 2.24) is 9.80 Å². The fraction of sp³-hybridized carbons (Fsp3) is 0.556. The van der Waals surface area contributed by atoms with E-state index < -0.39 is 11.9 Å². The third-order valence-electron chi connectivity index (χ3n) is 3.33. The van der Waals surface area contributed by atoms with Gasteiger partial charge in [-0.05, 0) is 53.2 Å². The first-order chi connectivity index (χ1) is 11.4. The highest BCUT2D eigenvalue weighted by molar-refractivity contribution is 6.03. The van der Waals surface area contributed by atoms with E-state index in [1.165, 1.54) is 0 Å². The number of rotatable bonds is 10. The molecule has 6 nitrogen and oxygen atoms in total. The molecule has 1 aromatic carbocycles. The molecule has 0 aliphatic heterocycles. The van der Waals surface area contributed by atoms with E-state index in [4.69, 9.17) is 9.47 Å². The lowest BCUT2D eigenvalue weighted by Crippen LogP contribution is -2.19. The van der Waals surface area contributed by atoms with Crippen LogP contribution in [0.5, 0.6) is 0 Å². The first kappa shape index (κ1) is 26.9. The van der Waals surface area contributed by atoms with E-state index in [0.717, 1.165) is 25.9 Å². The van der Waals surface area contributed by atoms with Crippen LogP contribution in [0.4, 0.5) is 0 Å². The van der Waals surface area contributed by atoms with Gasteiger partial charge in [-0.15, -0.1) is 24.8 Å². The molecule has 150 valence electrons. The first-order valence-corrected chi connectivity index (χ1v) is 8.14. The van der Waals surface area contributed by atoms with Gasteiger partial charge in [0, 0.05) is 13.1 Å². The number of benzene rings is 1. The molecule has 0 unspecified atom stereocenters. The molecule has 26 heavy (non-hydrogen) atoms. The van der Waals surface area contributed by atoms with E-state index in [2.05, 4.69) is 0 Å². The summed E-state index contributed by atoms with van der Waals surface area (Å²) >= 11 is 0. The number of carbonyl (C=O) groups is 2. The van der Waals surface area contributed by atoms with Gasteiger partial charge in [-0.2, -0.15) is 0 Å². The first-order valence-electron chi connectivity index (χ1n) is 8.14. The number of carbonyl (C=O) groups excluding carboxylic acids is 2. The monoisotopic (exact) mass is 408 g/mol. The SMILES string of the molecule is CN(C)CCCOC(=O)c1ccccc1C(=O)OCCCN(C)C.Cl.Cl. The Hall–Kier alpha value is -1.34. The minimum atomic E-state index is -0.491. The van der Waals surface area contributed by atoms with Gasteiger partial charge in [0.1, 0.15) is 0 Å². The number of ether oxygens (including phenoxy) is 2. The normalized spacial score (nSPS) is 10.1. The zero-order valence-electron chi connectivity index (χ0n) is 15.9. The van der Waals surface area contributed by atoms with Crippen LogP contribution in [0.1, 0.15) is 33.6 Å². The van der Waals surface area contributed by atoms with Crippen molar-refractivity contribution in [3.63, 3.8) is 0 Å². The molecule has 0 aliphatic carbocycles. The summed E-state index contributed by atoms with van der Waals surface area (Å²) in [5, 5.41) is 0. The average molecular weight is 409 g/mol. The van der Waals surface area contributed by atoms with Crippen molar-refractivity contribution in [2.45, 2.75) is 12.8 Å². The van der Waals surface area contributed by atoms with Crippen LogP contribution in [0.3, 0.4) is 0 Å². The van der Waals surface area contributed by atoms with E-state index in [1.807, 2.05) is 38.0 Å². The molecule has 0 N–H and O–H groups in total. The minimum absolute atomic E-state index is 0. The Bertz CT molecular complexity index is 493. The molecule has 0 saturated heterocycles. The highest BCUT2D eigenvalue weighted by atomic mass is 35.5. The molecule has 0 spiro atoms. The molecule has 1 aromatic rings. The van der Waals surface area contributed by atoms with Crippen LogP contribution in [0, 0.1) is 0 Å². The molecular formula is C18H30Cl2N2O4. The Morgan fingerprint density at radius 1 is 0.769 bits per heavy atom. The van der Waals surface area contributed by atoms with Crippen LogP contribution in [-0.2, 0) is 9.47 Å². The third kappa shape index (κ3) is 10.6. The zero-order valence-corrected chi connectivity index (χ0v) is 17.5. The molecule has 0 radical (unpaired) electrons. The summed E-state index contributed by atoms with van der Waals surface area (Å²) in [5.74, 6) is -0.982. The fourth-order valence-electron chi connectivity index (χ4n) is 2.09. The highest BCUT2D eigenvalue weighted by Gasteiger charge is 2.18. The second kappa shape index (κ2) is 14.8. The lowest BCUT2D eigenvalue weighted by Gasteiger charge is -2.12. The summed E-state index contributed by atoms with van der Waals surface area (Å²) < 4.78 is 10.5. The molecule has 0 amide bonds. The minimum Gasteiger partial charge on any atom is -0.462 e. The Balaban J connectivity index is 0. The predicted octanol–water partition coefficient (Wildman–Crippen LogP) is 2.75. The van der Waals surface area contributed by atoms with Gasteiger partial charge in [-0.25, -0.2) is 9.59 Å². The Morgan fingerprint density at radius 2 is 1.12 bits per heavy atom. The molecule has 0 aromatic heterocycles. The molecule has 0 bridgehead atoms. The molecule has 1 rings (SSSR count). The molecular weight excluding hydrogens is 379 g/mol. The summed E-state index contributed by atoms with van der Waals surface area (Å²) in [6.07, 6.45) is 1.49. The predicted molar refractivity (Wildman–Crippen MR) is 108 cm³/mol. The van der Waals surface area contributed by atoms with Gasteiger partial charge in [0.25, 0.3) is 0 Å². The largest absolute Gasteiger partial charge is 0.462 e. The third-order valence-corrected chi connectivity index (χ3v) is 3.33. The molecule has 0 heterocycles. The number of hydrogen-bond acceptors (Lipinski definition) is 6. The Kier molecular flexibility index (Phi) is 15.3. The van der Waals surface area contributed by atoms with Crippen LogP contribution in [0.15, 0.2) is 24.3 Å². The average Bonchev–Trinajstić information content (AvgIpc) is 2.54. The van der Waals surface area contributed by atoms with Gasteiger partial charge >= 0.3 is 11.9 Å². The van der Waals surface area contributed by atoms with Crippen LogP contribution in [0.25, 0.3) is 0 Å². The van der Waals surface area contributed by atoms with E-state index in [-0.39, 0.29) is 35.9 Å². The van der Waals surface area contributed by atoms with Crippen LogP contribution >= 0.6 is 24.8 Å². The van der Waals surface area contributed by atoms with Gasteiger partial charge in [-0.3, -0.25) is 0 Å². The van der Waals surface area contributed by atoms with Gasteiger partial charge in [-0.1, -0.05) is 12.1 Å². The van der Waals surface area contributed by atoms with Crippen molar-refractivity contribution >= 4 is 36.8 Å². The van der Waals surface area contributed by atoms with E-state index in [0.29, 0.717) is 13.2 Å². The Morgan fingerprint density at radius 3 is 1.42 bits per heavy atom. The topological polar surface area (TPSA) is 59.1 Å². The van der Waals surface area contributed by atoms with Crippen LogP contribution < -0.4 is 0 Å². The highest BCUT2D eigenvalue weighted by Crippen LogP contribution is 2.12. The zero-order chi connectivity index (χ0) is 17.9. The smallest absolute Gasteiger partial charge is 0.339 e. The molecule has 0 atom stereocenters. The maximum Gasteiger partial charge on any atom is 0.339 e. The lowest BCUT2D eigenvalue weighted by molar-refractivity contribution is 0.0446. The Labute approximate surface area is 168 Å². The van der Waals surface area contributed by atoms with E-state index in [1.54, 1.807) is 24.3 Å². The lowest BCUT2D eigenvalue weighted by atomic mass is 10.1. The summed E-state index contributed by atoms with van der Waals surface area (Å²) in [6.45, 7) is 2.32. The molecule has 0 saturated carbocycles. The standard InChI is InChI=1S/C18H28N2O4.2ClH/c1-19(2)11-7-13-23-17(21)15-9-5-6-10-16(15)18(22)24-14-8-12-20(3)4;;/h5-6,9-10H,7-8,11-14H2,1-4H3;2*1H. The van der Waals surface area contributed by atoms with Crippen molar-refractivity contribution in [1.29, 1.82) is 0 Å².